The molecule has 1 saturated heterocycles. The third-order valence-corrected chi connectivity index (χ3v) is 4.21. The number of hydrogen-bond acceptors (Lipinski definition) is 6. The van der Waals surface area contributed by atoms with Gasteiger partial charge in [-0.3, -0.25) is 15.4 Å². The largest absolute Gasteiger partial charge is 0.293 e. The van der Waals surface area contributed by atoms with Crippen molar-refractivity contribution >= 4 is 11.7 Å². The van der Waals surface area contributed by atoms with E-state index in [0.717, 1.165) is 42.8 Å². The smallest absolute Gasteiger partial charge is 0.285 e. The summed E-state index contributed by atoms with van der Waals surface area (Å²) in [5.41, 5.74) is 1.04. The minimum atomic E-state index is 0.817. The van der Waals surface area contributed by atoms with Crippen LogP contribution in [-0.2, 0) is 0 Å². The van der Waals surface area contributed by atoms with E-state index in [4.69, 9.17) is 0 Å². The molecular weight excluding hydrogens is 278 g/mol. The Morgan fingerprint density at radius 2 is 2.14 bits per heavy atom. The van der Waals surface area contributed by atoms with Gasteiger partial charge in [-0.25, -0.2) is 5.01 Å². The van der Waals surface area contributed by atoms with Crippen molar-refractivity contribution in [1.29, 1.82) is 0 Å². The van der Waals surface area contributed by atoms with Gasteiger partial charge in [-0.15, -0.1) is 0 Å². The Kier molecular flexibility index (Phi) is 3.44. The third kappa shape index (κ3) is 2.53. The van der Waals surface area contributed by atoms with E-state index in [1.54, 1.807) is 0 Å². The molecule has 115 valence electrons. The molecule has 0 amide bonds. The molecule has 7 nitrogen and oxygen atoms in total. The zero-order valence-corrected chi connectivity index (χ0v) is 12.8. The summed E-state index contributed by atoms with van der Waals surface area (Å²) in [6.07, 6.45) is 9.85. The normalized spacial score (nSPS) is 22.5. The van der Waals surface area contributed by atoms with Crippen LogP contribution in [0.3, 0.4) is 0 Å². The Morgan fingerprint density at radius 3 is 2.91 bits per heavy atom. The Bertz CT molecular complexity index is 636. The molecule has 22 heavy (non-hydrogen) atoms. The van der Waals surface area contributed by atoms with Crippen LogP contribution in [0.4, 0.5) is 5.82 Å². The van der Waals surface area contributed by atoms with Crippen molar-refractivity contribution in [2.75, 3.05) is 25.0 Å². The van der Waals surface area contributed by atoms with Crippen molar-refractivity contribution < 1.29 is 0 Å². The van der Waals surface area contributed by atoms with E-state index in [0.29, 0.717) is 0 Å². The second-order valence-electron chi connectivity index (χ2n) is 5.90. The SMILES string of the molecule is Cc1cc(NC2=CN(N3CCCCC3)CC3=NC=C[N+]23)n[nH]1. The number of rotatable bonds is 3. The highest BCUT2D eigenvalue weighted by atomic mass is 15.6. The van der Waals surface area contributed by atoms with Crippen LogP contribution < -0.4 is 10.2 Å². The maximum atomic E-state index is 4.48. The number of nitrogens with zero attached hydrogens (tertiary/aromatic N) is 5. The van der Waals surface area contributed by atoms with E-state index in [1.165, 1.54) is 19.3 Å². The van der Waals surface area contributed by atoms with E-state index >= 15 is 0 Å². The summed E-state index contributed by atoms with van der Waals surface area (Å²) in [5.74, 6) is 2.85. The van der Waals surface area contributed by atoms with E-state index in [2.05, 4.69) is 41.6 Å². The highest BCUT2D eigenvalue weighted by Crippen LogP contribution is 2.21. The van der Waals surface area contributed by atoms with Gasteiger partial charge < -0.3 is 0 Å². The summed E-state index contributed by atoms with van der Waals surface area (Å²) >= 11 is 0. The standard InChI is InChI=1S/C15H21N7/c1-12-9-13(19-18-12)17-15-11-21(20-6-3-2-4-7-20)10-14-16-5-8-22(14)15/h5,8-9,11H,2-4,6-7,10H2,1H3,(H2,17,18,19)/q+1. The van der Waals surface area contributed by atoms with E-state index in [9.17, 15) is 0 Å². The molecule has 0 saturated carbocycles. The van der Waals surface area contributed by atoms with Crippen LogP contribution in [0.25, 0.3) is 0 Å². The number of hydrogen-bond donors (Lipinski definition) is 2. The molecule has 7 heteroatoms. The van der Waals surface area contributed by atoms with E-state index in [-0.39, 0.29) is 0 Å². The predicted octanol–water partition coefficient (Wildman–Crippen LogP) is 1.67. The summed E-state index contributed by atoms with van der Waals surface area (Å²) in [6.45, 7) is 5.05. The minimum absolute atomic E-state index is 0.817. The van der Waals surface area contributed by atoms with Gasteiger partial charge in [0.05, 0.1) is 6.20 Å². The number of aryl methyl sites for hydroxylation is 1. The number of hydrazine groups is 1. The van der Waals surface area contributed by atoms with Gasteiger partial charge in [-0.05, 0) is 24.7 Å². The van der Waals surface area contributed by atoms with Gasteiger partial charge in [0.15, 0.2) is 12.0 Å². The molecule has 4 heterocycles. The average molecular weight is 299 g/mol. The number of anilines is 1. The van der Waals surface area contributed by atoms with Crippen LogP contribution >= 0.6 is 0 Å². The third-order valence-electron chi connectivity index (χ3n) is 4.21. The summed E-state index contributed by atoms with van der Waals surface area (Å²) < 4.78 is 0. The maximum Gasteiger partial charge on any atom is 0.285 e. The van der Waals surface area contributed by atoms with Gasteiger partial charge >= 0.3 is 0 Å². The van der Waals surface area contributed by atoms with E-state index < -0.39 is 0 Å². The highest BCUT2D eigenvalue weighted by Gasteiger charge is 2.38. The highest BCUT2D eigenvalue weighted by molar-refractivity contribution is 5.93. The molecule has 1 aromatic rings. The molecular formula is C15H21N7+. The summed E-state index contributed by atoms with van der Waals surface area (Å²) in [7, 11) is 0. The van der Waals surface area contributed by atoms with Crippen molar-refractivity contribution in [2.24, 2.45) is 4.99 Å². The molecule has 4 rings (SSSR count). The zero-order valence-electron chi connectivity index (χ0n) is 12.8. The Hall–Kier alpha value is -2.12. The molecule has 1 aromatic heterocycles. The molecule has 0 atom stereocenters. The Balaban J connectivity index is 1.58. The van der Waals surface area contributed by atoms with Gasteiger partial charge in [0, 0.05) is 24.8 Å². The fourth-order valence-electron chi connectivity index (χ4n) is 3.09. The van der Waals surface area contributed by atoms with Gasteiger partial charge in [0.1, 0.15) is 12.7 Å². The van der Waals surface area contributed by atoms with Gasteiger partial charge in [0.2, 0.25) is 0 Å². The first-order valence-corrected chi connectivity index (χ1v) is 7.84. The monoisotopic (exact) mass is 299 g/mol. The zero-order chi connectivity index (χ0) is 14.9. The molecule has 0 spiro atoms. The quantitative estimate of drug-likeness (QED) is 0.833. The van der Waals surface area contributed by atoms with Crippen LogP contribution in [0.5, 0.6) is 0 Å². The molecule has 0 unspecified atom stereocenters. The lowest BCUT2D eigenvalue weighted by molar-refractivity contribution is 0.0129. The number of fused-ring (bicyclic) bond motifs is 1. The van der Waals surface area contributed by atoms with Gasteiger partial charge in [-0.2, -0.15) is 10.1 Å². The topological polar surface area (TPSA) is 65.4 Å². The lowest BCUT2D eigenvalue weighted by atomic mass is 10.2. The maximum absolute atomic E-state index is 4.48. The second kappa shape index (κ2) is 5.58. The summed E-state index contributed by atoms with van der Waals surface area (Å²) in [6, 6.07) is 2.00. The number of H-pyrrole nitrogens is 1. The number of piperidine rings is 1. The first-order chi connectivity index (χ1) is 10.8. The van der Waals surface area contributed by atoms with E-state index in [1.807, 2.05) is 25.4 Å². The first kappa shape index (κ1) is 13.5. The van der Waals surface area contributed by atoms with Crippen molar-refractivity contribution in [1.82, 2.24) is 25.1 Å². The first-order valence-electron chi connectivity index (χ1n) is 7.84. The van der Waals surface area contributed by atoms with Crippen molar-refractivity contribution in [3.63, 3.8) is 0 Å². The van der Waals surface area contributed by atoms with Crippen LogP contribution in [0.1, 0.15) is 25.0 Å². The molecule has 0 bridgehead atoms. The fourth-order valence-corrected chi connectivity index (χ4v) is 3.09. The Labute approximate surface area is 130 Å². The summed E-state index contributed by atoms with van der Waals surface area (Å²) in [5, 5.41) is 15.3. The number of aromatic amines is 1. The number of nitrogens with one attached hydrogen (secondary N) is 2. The molecule has 3 aliphatic heterocycles. The number of aromatic nitrogens is 2. The fraction of sp³-hybridized carbons (Fsp3) is 0.467. The van der Waals surface area contributed by atoms with Crippen LogP contribution in [-0.4, -0.2) is 45.7 Å². The van der Waals surface area contributed by atoms with Crippen molar-refractivity contribution in [3.05, 3.63) is 36.2 Å². The Morgan fingerprint density at radius 1 is 1.27 bits per heavy atom. The number of amidine groups is 1. The van der Waals surface area contributed by atoms with Gasteiger partial charge in [-0.1, -0.05) is 6.42 Å². The second-order valence-corrected chi connectivity index (χ2v) is 5.90. The van der Waals surface area contributed by atoms with Crippen molar-refractivity contribution in [3.8, 4) is 0 Å². The van der Waals surface area contributed by atoms with Crippen LogP contribution in [0.2, 0.25) is 0 Å². The molecule has 3 aliphatic rings. The average Bonchev–Trinajstić information content (AvgIpc) is 3.17. The lowest BCUT2D eigenvalue weighted by Crippen LogP contribution is -2.52. The molecule has 1 radical (unpaired) electrons. The predicted molar refractivity (Wildman–Crippen MR) is 85.9 cm³/mol. The molecule has 0 aromatic carbocycles. The molecule has 0 aliphatic carbocycles. The number of aliphatic imine (C=N–C) groups is 1. The van der Waals surface area contributed by atoms with Gasteiger partial charge in [0.25, 0.3) is 11.7 Å². The van der Waals surface area contributed by atoms with Crippen molar-refractivity contribution in [2.45, 2.75) is 26.2 Å². The van der Waals surface area contributed by atoms with Crippen LogP contribution in [0.15, 0.2) is 35.5 Å². The lowest BCUT2D eigenvalue weighted by Gasteiger charge is -2.37. The summed E-state index contributed by atoms with van der Waals surface area (Å²) in [4.78, 5) is 6.57. The van der Waals surface area contributed by atoms with Crippen LogP contribution in [0, 0.1) is 6.92 Å². The molecule has 2 N–H and O–H groups in total. The minimum Gasteiger partial charge on any atom is -0.293 e. The molecule has 1 fully saturated rings.